The van der Waals surface area contributed by atoms with Gasteiger partial charge in [-0.15, -0.1) is 0 Å². The van der Waals surface area contributed by atoms with Gasteiger partial charge in [-0.3, -0.25) is 0 Å². The normalized spacial score (nSPS) is 11.1. The summed E-state index contributed by atoms with van der Waals surface area (Å²) in [5.41, 5.74) is -0.278. The van der Waals surface area contributed by atoms with Crippen molar-refractivity contribution in [3.05, 3.63) is 48.0 Å². The molecule has 0 atom stereocenters. The van der Waals surface area contributed by atoms with Crippen LogP contribution in [0.25, 0.3) is 0 Å². The van der Waals surface area contributed by atoms with Crippen LogP contribution < -0.4 is 4.74 Å². The smallest absolute Gasteiger partial charge is 0.339 e. The summed E-state index contributed by atoms with van der Waals surface area (Å²) >= 11 is 0. The van der Waals surface area contributed by atoms with Crippen molar-refractivity contribution in [2.45, 2.75) is 4.90 Å². The van der Waals surface area contributed by atoms with Crippen molar-refractivity contribution in [2.75, 3.05) is 6.26 Å². The minimum atomic E-state index is -3.28. The Morgan fingerprint density at radius 1 is 1.05 bits per heavy atom. The van der Waals surface area contributed by atoms with E-state index in [0.717, 1.165) is 6.26 Å². The maximum Gasteiger partial charge on any atom is 0.339 e. The van der Waals surface area contributed by atoms with Gasteiger partial charge in [0.25, 0.3) is 0 Å². The van der Waals surface area contributed by atoms with Gasteiger partial charge in [0.15, 0.2) is 9.84 Å². The molecule has 0 aromatic heterocycles. The van der Waals surface area contributed by atoms with Crippen LogP contribution in [0.3, 0.4) is 0 Å². The lowest BCUT2D eigenvalue weighted by Gasteiger charge is -2.08. The van der Waals surface area contributed by atoms with Crippen LogP contribution in [-0.4, -0.2) is 30.9 Å². The second-order valence-electron chi connectivity index (χ2n) is 4.33. The molecular formula is C14H12O6S. The molecule has 6 nitrogen and oxygen atoms in total. The fourth-order valence-electron chi connectivity index (χ4n) is 1.64. The van der Waals surface area contributed by atoms with Gasteiger partial charge in [0, 0.05) is 6.26 Å². The van der Waals surface area contributed by atoms with Gasteiger partial charge in [-0.2, -0.15) is 0 Å². The Bertz CT molecular complexity index is 778. The SMILES string of the molecule is CS(=O)(=O)c1ccc(Oc2ccc(O)c(C(=O)O)c2)cc1. The second kappa shape index (κ2) is 5.45. The third-order valence-electron chi connectivity index (χ3n) is 2.69. The zero-order chi connectivity index (χ0) is 15.6. The van der Waals surface area contributed by atoms with E-state index in [2.05, 4.69) is 0 Å². The van der Waals surface area contributed by atoms with Crippen molar-refractivity contribution in [3.63, 3.8) is 0 Å². The lowest BCUT2D eigenvalue weighted by Crippen LogP contribution is -1.98. The molecule has 0 aliphatic carbocycles. The first-order valence-corrected chi connectivity index (χ1v) is 7.71. The molecule has 0 aliphatic rings. The minimum Gasteiger partial charge on any atom is -0.507 e. The molecule has 0 saturated heterocycles. The van der Waals surface area contributed by atoms with E-state index in [-0.39, 0.29) is 22.0 Å². The Hall–Kier alpha value is -2.54. The van der Waals surface area contributed by atoms with Crippen molar-refractivity contribution < 1.29 is 28.2 Å². The summed E-state index contributed by atoms with van der Waals surface area (Å²) in [7, 11) is -3.28. The summed E-state index contributed by atoms with van der Waals surface area (Å²) in [6.45, 7) is 0. The number of carboxylic acid groups (broad SMARTS) is 1. The Morgan fingerprint density at radius 2 is 1.62 bits per heavy atom. The standard InChI is InChI=1S/C14H12O6S/c1-21(18,19)11-5-2-9(3-6-11)20-10-4-7-13(15)12(8-10)14(16)17/h2-8,15H,1H3,(H,16,17). The number of hydrogen-bond donors (Lipinski definition) is 2. The summed E-state index contributed by atoms with van der Waals surface area (Å²) in [5, 5.41) is 18.3. The molecule has 110 valence electrons. The lowest BCUT2D eigenvalue weighted by molar-refractivity contribution is 0.0693. The largest absolute Gasteiger partial charge is 0.507 e. The molecular weight excluding hydrogens is 296 g/mol. The van der Waals surface area contributed by atoms with E-state index in [4.69, 9.17) is 9.84 Å². The number of sulfone groups is 1. The molecule has 2 aromatic rings. The van der Waals surface area contributed by atoms with Crippen LogP contribution in [0.15, 0.2) is 47.4 Å². The molecule has 0 heterocycles. The van der Waals surface area contributed by atoms with Crippen molar-refractivity contribution in [2.24, 2.45) is 0 Å². The topological polar surface area (TPSA) is 101 Å². The molecule has 0 spiro atoms. The maximum absolute atomic E-state index is 11.3. The summed E-state index contributed by atoms with van der Waals surface area (Å²) in [4.78, 5) is 11.1. The second-order valence-corrected chi connectivity index (χ2v) is 6.35. The average molecular weight is 308 g/mol. The van der Waals surface area contributed by atoms with Crippen molar-refractivity contribution in [1.29, 1.82) is 0 Å². The maximum atomic E-state index is 11.3. The van der Waals surface area contributed by atoms with Crippen molar-refractivity contribution in [1.82, 2.24) is 0 Å². The van der Waals surface area contributed by atoms with Crippen LogP contribution in [0.5, 0.6) is 17.2 Å². The van der Waals surface area contributed by atoms with E-state index >= 15 is 0 Å². The highest BCUT2D eigenvalue weighted by Crippen LogP contribution is 2.27. The van der Waals surface area contributed by atoms with Crippen LogP contribution in [0.1, 0.15) is 10.4 Å². The Balaban J connectivity index is 2.26. The number of benzene rings is 2. The van der Waals surface area contributed by atoms with Crippen molar-refractivity contribution >= 4 is 15.8 Å². The van der Waals surface area contributed by atoms with Gasteiger partial charge in [-0.05, 0) is 42.5 Å². The number of aromatic carboxylic acids is 1. The number of hydrogen-bond acceptors (Lipinski definition) is 5. The van der Waals surface area contributed by atoms with E-state index in [1.54, 1.807) is 0 Å². The molecule has 2 rings (SSSR count). The van der Waals surface area contributed by atoms with Gasteiger partial charge in [0.05, 0.1) is 4.90 Å². The van der Waals surface area contributed by atoms with E-state index in [1.165, 1.54) is 42.5 Å². The lowest BCUT2D eigenvalue weighted by atomic mass is 10.2. The summed E-state index contributed by atoms with van der Waals surface area (Å²) in [5.74, 6) is -1.06. The van der Waals surface area contributed by atoms with E-state index in [9.17, 15) is 18.3 Å². The van der Waals surface area contributed by atoms with Gasteiger partial charge < -0.3 is 14.9 Å². The highest BCUT2D eigenvalue weighted by Gasteiger charge is 2.12. The first kappa shape index (κ1) is 14.9. The summed E-state index contributed by atoms with van der Waals surface area (Å²) < 4.78 is 28.1. The third kappa shape index (κ3) is 3.51. The fourth-order valence-corrected chi connectivity index (χ4v) is 2.27. The highest BCUT2D eigenvalue weighted by molar-refractivity contribution is 7.90. The van der Waals surface area contributed by atoms with Crippen LogP contribution in [-0.2, 0) is 9.84 Å². The van der Waals surface area contributed by atoms with Crippen LogP contribution in [0.2, 0.25) is 0 Å². The number of rotatable bonds is 4. The molecule has 2 N–H and O–H groups in total. The number of carboxylic acids is 1. The van der Waals surface area contributed by atoms with E-state index in [1.807, 2.05) is 0 Å². The van der Waals surface area contributed by atoms with Gasteiger partial charge in [0.2, 0.25) is 0 Å². The van der Waals surface area contributed by atoms with Crippen molar-refractivity contribution in [3.8, 4) is 17.2 Å². The predicted molar refractivity (Wildman–Crippen MR) is 74.7 cm³/mol. The first-order valence-electron chi connectivity index (χ1n) is 5.81. The number of carbonyl (C=O) groups is 1. The molecule has 0 bridgehead atoms. The highest BCUT2D eigenvalue weighted by atomic mass is 32.2. The zero-order valence-electron chi connectivity index (χ0n) is 11.0. The minimum absolute atomic E-state index is 0.159. The molecule has 0 fully saturated rings. The Morgan fingerprint density at radius 3 is 2.14 bits per heavy atom. The molecule has 21 heavy (non-hydrogen) atoms. The van der Waals surface area contributed by atoms with Gasteiger partial charge in [0.1, 0.15) is 22.8 Å². The summed E-state index contributed by atoms with van der Waals surface area (Å²) in [6, 6.07) is 9.51. The third-order valence-corrected chi connectivity index (χ3v) is 3.81. The first-order chi connectivity index (χ1) is 9.77. The molecule has 0 aliphatic heterocycles. The molecule has 7 heteroatoms. The average Bonchev–Trinajstić information content (AvgIpc) is 2.40. The molecule has 0 unspecified atom stereocenters. The van der Waals surface area contributed by atoms with E-state index < -0.39 is 15.8 Å². The molecule has 2 aromatic carbocycles. The number of ether oxygens (including phenoxy) is 1. The van der Waals surface area contributed by atoms with Gasteiger partial charge in [-0.25, -0.2) is 13.2 Å². The Kier molecular flexibility index (Phi) is 3.86. The molecule has 0 radical (unpaired) electrons. The Labute approximate surface area is 121 Å². The monoisotopic (exact) mass is 308 g/mol. The number of phenols is 1. The summed E-state index contributed by atoms with van der Waals surface area (Å²) in [6.07, 6.45) is 1.10. The van der Waals surface area contributed by atoms with Crippen LogP contribution in [0, 0.1) is 0 Å². The van der Waals surface area contributed by atoms with E-state index in [0.29, 0.717) is 5.75 Å². The number of aromatic hydroxyl groups is 1. The fraction of sp³-hybridized carbons (Fsp3) is 0.0714. The van der Waals surface area contributed by atoms with Crippen LogP contribution in [0.4, 0.5) is 0 Å². The molecule has 0 saturated carbocycles. The van der Waals surface area contributed by atoms with Gasteiger partial charge >= 0.3 is 5.97 Å². The quantitative estimate of drug-likeness (QED) is 0.898. The van der Waals surface area contributed by atoms with Crippen LogP contribution >= 0.6 is 0 Å². The molecule has 0 amide bonds. The zero-order valence-corrected chi connectivity index (χ0v) is 11.8. The predicted octanol–water partition coefficient (Wildman–Crippen LogP) is 2.29. The van der Waals surface area contributed by atoms with Gasteiger partial charge in [-0.1, -0.05) is 0 Å².